The summed E-state index contributed by atoms with van der Waals surface area (Å²) in [6.45, 7) is 1.98. The number of nitrogens with zero attached hydrogens (tertiary/aromatic N) is 2. The van der Waals surface area contributed by atoms with Crippen molar-refractivity contribution in [2.45, 2.75) is 45.4 Å². The van der Waals surface area contributed by atoms with Gasteiger partial charge in [-0.25, -0.2) is 9.97 Å². The van der Waals surface area contributed by atoms with E-state index >= 15 is 0 Å². The average molecular weight is 481 g/mol. The molecule has 33 heavy (non-hydrogen) atoms. The van der Waals surface area contributed by atoms with Gasteiger partial charge in [-0.3, -0.25) is 9.59 Å². The Morgan fingerprint density at radius 2 is 1.94 bits per heavy atom. The molecule has 0 fully saturated rings. The molecule has 3 heterocycles. The smallest absolute Gasteiger partial charge is 0.259 e. The first kappa shape index (κ1) is 21.8. The number of carbonyl (C=O) groups is 1. The highest BCUT2D eigenvalue weighted by atomic mass is 32.1. The van der Waals surface area contributed by atoms with Gasteiger partial charge in [0.1, 0.15) is 16.4 Å². The molecule has 4 aromatic rings. The lowest BCUT2D eigenvalue weighted by molar-refractivity contribution is -0.116. The normalized spacial score (nSPS) is 13.2. The van der Waals surface area contributed by atoms with Crippen LogP contribution in [0.2, 0.25) is 0 Å². The van der Waals surface area contributed by atoms with Gasteiger partial charge in [-0.05, 0) is 62.4 Å². The molecule has 0 saturated carbocycles. The second-order valence-electron chi connectivity index (χ2n) is 8.10. The van der Waals surface area contributed by atoms with E-state index in [2.05, 4.69) is 20.3 Å². The number of aromatic amines is 1. The van der Waals surface area contributed by atoms with Crippen molar-refractivity contribution in [3.05, 3.63) is 55.8 Å². The predicted molar refractivity (Wildman–Crippen MR) is 133 cm³/mol. The molecule has 0 radical (unpaired) electrons. The Balaban J connectivity index is 1.26. The Morgan fingerprint density at radius 1 is 1.15 bits per heavy atom. The van der Waals surface area contributed by atoms with E-state index in [0.717, 1.165) is 51.4 Å². The molecule has 0 aliphatic heterocycles. The summed E-state index contributed by atoms with van der Waals surface area (Å²) < 4.78 is 5.21. The fourth-order valence-electron chi connectivity index (χ4n) is 4.21. The van der Waals surface area contributed by atoms with Crippen LogP contribution in [0, 0.1) is 6.92 Å². The zero-order chi connectivity index (χ0) is 22.9. The topological polar surface area (TPSA) is 97.0 Å². The molecule has 1 aliphatic carbocycles. The van der Waals surface area contributed by atoms with Crippen molar-refractivity contribution in [2.24, 2.45) is 0 Å². The molecule has 1 aliphatic rings. The second kappa shape index (κ2) is 9.07. The molecule has 1 amide bonds. The largest absolute Gasteiger partial charge is 0.497 e. The molecule has 0 atom stereocenters. The first-order chi connectivity index (χ1) is 16.0. The van der Waals surface area contributed by atoms with Crippen LogP contribution in [0.15, 0.2) is 29.1 Å². The molecule has 0 bridgehead atoms. The van der Waals surface area contributed by atoms with E-state index in [1.165, 1.54) is 28.2 Å². The second-order valence-corrected chi connectivity index (χ2v) is 10.4. The minimum Gasteiger partial charge on any atom is -0.497 e. The Bertz CT molecular complexity index is 1390. The molecule has 0 saturated heterocycles. The SMILES string of the molecule is COc1ccc(-c2nc(NC(=O)CCc3nc4sc5c(c4c(=O)[nH]3)CCCC5)sc2C)cc1. The summed E-state index contributed by atoms with van der Waals surface area (Å²) in [5, 5.41) is 4.19. The Hall–Kier alpha value is -3.04. The summed E-state index contributed by atoms with van der Waals surface area (Å²) in [6.07, 6.45) is 4.86. The predicted octanol–water partition coefficient (Wildman–Crippen LogP) is 4.88. The van der Waals surface area contributed by atoms with Gasteiger partial charge in [0.25, 0.3) is 5.56 Å². The minimum absolute atomic E-state index is 0.0884. The molecule has 3 aromatic heterocycles. The minimum atomic E-state index is -0.154. The van der Waals surface area contributed by atoms with E-state index in [1.54, 1.807) is 18.4 Å². The highest BCUT2D eigenvalue weighted by Crippen LogP contribution is 2.34. The van der Waals surface area contributed by atoms with E-state index < -0.39 is 0 Å². The van der Waals surface area contributed by atoms with Crippen molar-refractivity contribution >= 4 is 43.9 Å². The maximum Gasteiger partial charge on any atom is 0.259 e. The highest BCUT2D eigenvalue weighted by molar-refractivity contribution is 7.18. The summed E-state index contributed by atoms with van der Waals surface area (Å²) in [4.78, 5) is 40.5. The monoisotopic (exact) mass is 480 g/mol. The van der Waals surface area contributed by atoms with Crippen LogP contribution in [0.4, 0.5) is 5.13 Å². The molecule has 0 unspecified atom stereocenters. The molecule has 1 aromatic carbocycles. The fraction of sp³-hybridized carbons (Fsp3) is 0.333. The van der Waals surface area contributed by atoms with Gasteiger partial charge in [0.05, 0.1) is 18.2 Å². The third-order valence-electron chi connectivity index (χ3n) is 5.87. The van der Waals surface area contributed by atoms with Crippen molar-refractivity contribution in [3.8, 4) is 17.0 Å². The summed E-state index contributed by atoms with van der Waals surface area (Å²) in [7, 11) is 1.63. The van der Waals surface area contributed by atoms with Gasteiger partial charge < -0.3 is 15.0 Å². The Morgan fingerprint density at radius 3 is 2.73 bits per heavy atom. The van der Waals surface area contributed by atoms with Crippen molar-refractivity contribution < 1.29 is 9.53 Å². The summed E-state index contributed by atoms with van der Waals surface area (Å²) in [5.41, 5.74) is 2.90. The highest BCUT2D eigenvalue weighted by Gasteiger charge is 2.20. The van der Waals surface area contributed by atoms with Crippen LogP contribution in [0.1, 0.15) is 40.4 Å². The molecule has 5 rings (SSSR count). The molecule has 7 nitrogen and oxygen atoms in total. The number of aryl methyl sites for hydroxylation is 4. The number of aromatic nitrogens is 3. The van der Waals surface area contributed by atoms with Crippen LogP contribution in [0.3, 0.4) is 0 Å². The van der Waals surface area contributed by atoms with E-state index in [1.807, 2.05) is 31.2 Å². The number of H-pyrrole nitrogens is 1. The van der Waals surface area contributed by atoms with Gasteiger partial charge in [0.2, 0.25) is 5.91 Å². The van der Waals surface area contributed by atoms with Gasteiger partial charge >= 0.3 is 0 Å². The fourth-order valence-corrected chi connectivity index (χ4v) is 6.34. The van der Waals surface area contributed by atoms with Crippen molar-refractivity contribution in [2.75, 3.05) is 12.4 Å². The maximum atomic E-state index is 12.7. The van der Waals surface area contributed by atoms with Crippen LogP contribution in [0.5, 0.6) is 5.75 Å². The van der Waals surface area contributed by atoms with Crippen LogP contribution in [0.25, 0.3) is 21.5 Å². The lowest BCUT2D eigenvalue weighted by atomic mass is 9.97. The Labute approximate surface area is 198 Å². The van der Waals surface area contributed by atoms with E-state index in [-0.39, 0.29) is 17.9 Å². The first-order valence-corrected chi connectivity index (χ1v) is 12.6. The van der Waals surface area contributed by atoms with E-state index in [4.69, 9.17) is 4.74 Å². The van der Waals surface area contributed by atoms with Crippen molar-refractivity contribution in [1.29, 1.82) is 0 Å². The number of ether oxygens (including phenoxy) is 1. The van der Waals surface area contributed by atoms with Gasteiger partial charge in [0.15, 0.2) is 5.13 Å². The number of benzene rings is 1. The van der Waals surface area contributed by atoms with E-state index in [0.29, 0.717) is 17.4 Å². The third-order valence-corrected chi connectivity index (χ3v) is 7.94. The lowest BCUT2D eigenvalue weighted by Crippen LogP contribution is -2.16. The molecule has 2 N–H and O–H groups in total. The van der Waals surface area contributed by atoms with Gasteiger partial charge in [-0.1, -0.05) is 0 Å². The molecule has 9 heteroatoms. The standard InChI is InChI=1S/C24H24N4O3S2/c1-13-21(14-7-9-15(31-2)10-8-14)28-24(32-13)27-19(29)12-11-18-25-22(30)20-16-5-3-4-6-17(16)33-23(20)26-18/h7-10H,3-6,11-12H2,1-2H3,(H,25,26,30)(H,27,28,29). The van der Waals surface area contributed by atoms with Gasteiger partial charge in [0, 0.05) is 28.2 Å². The number of carbonyl (C=O) groups excluding carboxylic acids is 1. The number of methoxy groups -OCH3 is 1. The molecule has 170 valence electrons. The van der Waals surface area contributed by atoms with Crippen molar-refractivity contribution in [1.82, 2.24) is 15.0 Å². The lowest BCUT2D eigenvalue weighted by Gasteiger charge is -2.09. The average Bonchev–Trinajstić information content (AvgIpc) is 3.37. The number of rotatable bonds is 6. The van der Waals surface area contributed by atoms with Gasteiger partial charge in [-0.15, -0.1) is 22.7 Å². The molecular weight excluding hydrogens is 456 g/mol. The number of thiazole rings is 1. The number of thiophene rings is 1. The Kier molecular flexibility index (Phi) is 5.99. The summed E-state index contributed by atoms with van der Waals surface area (Å²) in [6, 6.07) is 7.68. The number of fused-ring (bicyclic) bond motifs is 3. The number of hydrogen-bond donors (Lipinski definition) is 2. The molecular formula is C24H24N4O3S2. The van der Waals surface area contributed by atoms with Crippen LogP contribution >= 0.6 is 22.7 Å². The van der Waals surface area contributed by atoms with Crippen LogP contribution in [-0.2, 0) is 24.1 Å². The maximum absolute atomic E-state index is 12.7. The zero-order valence-electron chi connectivity index (χ0n) is 18.5. The summed E-state index contributed by atoms with van der Waals surface area (Å²) >= 11 is 3.06. The number of amides is 1. The first-order valence-electron chi connectivity index (χ1n) is 11.0. The molecule has 0 spiro atoms. The zero-order valence-corrected chi connectivity index (χ0v) is 20.1. The number of nitrogens with one attached hydrogen (secondary N) is 2. The van der Waals surface area contributed by atoms with Gasteiger partial charge in [-0.2, -0.15) is 0 Å². The quantitative estimate of drug-likeness (QED) is 0.410. The van der Waals surface area contributed by atoms with Crippen LogP contribution < -0.4 is 15.6 Å². The number of anilines is 1. The number of hydrogen-bond acceptors (Lipinski definition) is 7. The van der Waals surface area contributed by atoms with Crippen molar-refractivity contribution in [3.63, 3.8) is 0 Å². The summed E-state index contributed by atoms with van der Waals surface area (Å²) in [5.74, 6) is 1.18. The van der Waals surface area contributed by atoms with Crippen LogP contribution in [-0.4, -0.2) is 28.0 Å². The van der Waals surface area contributed by atoms with E-state index in [9.17, 15) is 9.59 Å². The third kappa shape index (κ3) is 4.43.